The number of alkyl halides is 3. The maximum absolute atomic E-state index is 14.4. The van der Waals surface area contributed by atoms with Gasteiger partial charge in [0.25, 0.3) is 5.91 Å². The van der Waals surface area contributed by atoms with Crippen LogP contribution in [0.4, 0.5) is 30.6 Å². The number of hydrogen-bond acceptors (Lipinski definition) is 8. The van der Waals surface area contributed by atoms with Crippen LogP contribution in [0.3, 0.4) is 0 Å². The number of piperidine rings is 1. The third-order valence-corrected chi connectivity index (χ3v) is 10.1. The number of nitrogens with zero attached hydrogens (tertiary/aromatic N) is 5. The smallest absolute Gasteiger partial charge is 0.421 e. The summed E-state index contributed by atoms with van der Waals surface area (Å²) >= 11 is 0. The lowest BCUT2D eigenvalue weighted by atomic mass is 9.94. The number of anilines is 3. The molecule has 1 aliphatic carbocycles. The molecule has 2 unspecified atom stereocenters. The van der Waals surface area contributed by atoms with Crippen molar-refractivity contribution in [2.45, 2.75) is 63.2 Å². The number of hydrogen-bond donors (Lipinski definition) is 2. The fourth-order valence-corrected chi connectivity index (χ4v) is 7.44. The van der Waals surface area contributed by atoms with Crippen LogP contribution in [0.1, 0.15) is 60.9 Å². The highest BCUT2D eigenvalue weighted by atomic mass is 31.1. The number of rotatable bonds is 12. The normalized spacial score (nSPS) is 18.1. The van der Waals surface area contributed by atoms with Gasteiger partial charge in [-0.1, -0.05) is 19.3 Å². The highest BCUT2D eigenvalue weighted by molar-refractivity contribution is 7.72. The molecule has 2 N–H and O–H groups in total. The van der Waals surface area contributed by atoms with Crippen LogP contribution in [0.25, 0.3) is 0 Å². The predicted molar refractivity (Wildman–Crippen MR) is 182 cm³/mol. The van der Waals surface area contributed by atoms with E-state index in [2.05, 4.69) is 43.8 Å². The molecule has 1 saturated carbocycles. The number of carbonyl (C=O) groups is 1. The van der Waals surface area contributed by atoms with Crippen LogP contribution in [-0.4, -0.2) is 98.3 Å². The number of nitrogens with one attached hydrogen (secondary N) is 2. The minimum atomic E-state index is -4.63. The van der Waals surface area contributed by atoms with E-state index in [0.717, 1.165) is 64.2 Å². The molecule has 4 rings (SSSR count). The van der Waals surface area contributed by atoms with Crippen LogP contribution in [0.15, 0.2) is 29.4 Å². The Balaban J connectivity index is 1.61. The van der Waals surface area contributed by atoms with Gasteiger partial charge in [-0.15, -0.1) is 0 Å². The van der Waals surface area contributed by atoms with E-state index in [9.17, 15) is 18.0 Å². The first kappa shape index (κ1) is 35.1. The number of carbonyl (C=O) groups excluding carboxylic acids is 1. The Bertz CT molecular complexity index is 1350. The fourth-order valence-electron chi connectivity index (χ4n) is 5.67. The first-order chi connectivity index (χ1) is 21.4. The largest absolute Gasteiger partial charge is 0.495 e. The van der Waals surface area contributed by atoms with E-state index in [-0.39, 0.29) is 29.8 Å². The fraction of sp³-hybridized carbons (Fsp3) is 0.581. The summed E-state index contributed by atoms with van der Waals surface area (Å²) in [5.74, 6) is 1.93. The number of amides is 1. The summed E-state index contributed by atoms with van der Waals surface area (Å²) < 4.78 is 48.7. The van der Waals surface area contributed by atoms with Crippen LogP contribution in [0.5, 0.6) is 5.75 Å². The minimum Gasteiger partial charge on any atom is -0.495 e. The monoisotopic (exact) mass is 666 g/mol. The van der Waals surface area contributed by atoms with E-state index in [0.29, 0.717) is 29.6 Å². The van der Waals surface area contributed by atoms with Crippen molar-refractivity contribution in [3.63, 3.8) is 0 Å². The molecular formula is C31H45F3N7O2P2+. The molecule has 1 amide bonds. The van der Waals surface area contributed by atoms with Crippen LogP contribution in [0.2, 0.25) is 0 Å². The van der Waals surface area contributed by atoms with Gasteiger partial charge in [0.1, 0.15) is 24.7 Å². The van der Waals surface area contributed by atoms with Crippen molar-refractivity contribution in [2.24, 2.45) is 4.99 Å². The molecule has 14 heteroatoms. The van der Waals surface area contributed by atoms with Crippen LogP contribution in [-0.2, 0) is 6.18 Å². The van der Waals surface area contributed by atoms with Crippen molar-refractivity contribution in [1.29, 1.82) is 0 Å². The van der Waals surface area contributed by atoms with Crippen molar-refractivity contribution in [2.75, 3.05) is 63.4 Å². The Hall–Kier alpha value is -2.81. The Morgan fingerprint density at radius 1 is 1.24 bits per heavy atom. The molecule has 246 valence electrons. The average molecular weight is 667 g/mol. The van der Waals surface area contributed by atoms with Gasteiger partial charge in [0.15, 0.2) is 6.29 Å². The number of methoxy groups -OCH3 is 1. The van der Waals surface area contributed by atoms with Gasteiger partial charge in [0.05, 0.1) is 25.8 Å². The van der Waals surface area contributed by atoms with Crippen molar-refractivity contribution in [3.05, 3.63) is 35.5 Å². The zero-order valence-electron chi connectivity index (χ0n) is 26.6. The SMILES string of the molecule is C=[P+](C)CN=CP(C)CN(c1nc(Nc2ccc(C(=O)NC3CCN(C)CC3)cc2OC)ncc1C(F)(F)F)C1CCCCC1. The summed E-state index contributed by atoms with van der Waals surface area (Å²) in [6.45, 7) is 5.92. The van der Waals surface area contributed by atoms with E-state index in [1.165, 1.54) is 7.11 Å². The summed E-state index contributed by atoms with van der Waals surface area (Å²) in [4.78, 5) is 30.1. The molecule has 0 radical (unpaired) electrons. The van der Waals surface area contributed by atoms with E-state index >= 15 is 0 Å². The second-order valence-electron chi connectivity index (χ2n) is 12.0. The quantitative estimate of drug-likeness (QED) is 0.190. The van der Waals surface area contributed by atoms with Crippen LogP contribution < -0.4 is 20.3 Å². The van der Waals surface area contributed by atoms with Gasteiger partial charge in [0, 0.05) is 36.1 Å². The molecular weight excluding hydrogens is 621 g/mol. The van der Waals surface area contributed by atoms with E-state index < -0.39 is 27.2 Å². The molecule has 1 saturated heterocycles. The molecule has 1 aliphatic heterocycles. The summed E-state index contributed by atoms with van der Waals surface area (Å²) in [5.41, 5.74) is 0.0142. The van der Waals surface area contributed by atoms with Gasteiger partial charge < -0.3 is 25.2 Å². The van der Waals surface area contributed by atoms with Crippen LogP contribution in [0, 0.1) is 0 Å². The van der Waals surface area contributed by atoms with Gasteiger partial charge in [-0.3, -0.25) is 4.79 Å². The number of benzene rings is 1. The lowest BCUT2D eigenvalue weighted by Crippen LogP contribution is -2.43. The van der Waals surface area contributed by atoms with Gasteiger partial charge in [-0.25, -0.2) is 9.98 Å². The third kappa shape index (κ3) is 10.1. The highest BCUT2D eigenvalue weighted by Crippen LogP contribution is 2.42. The molecule has 2 aliphatic rings. The van der Waals surface area contributed by atoms with Crippen molar-refractivity contribution in [1.82, 2.24) is 20.2 Å². The second kappa shape index (κ2) is 16.1. The number of ether oxygens (including phenoxy) is 1. The Morgan fingerprint density at radius 3 is 2.60 bits per heavy atom. The molecule has 1 aromatic carbocycles. The molecule has 0 spiro atoms. The number of aliphatic imine (C=N–C) groups is 1. The zero-order valence-corrected chi connectivity index (χ0v) is 28.4. The number of aromatic nitrogens is 2. The van der Waals surface area contributed by atoms with Gasteiger partial charge in [-0.05, 0) is 78.6 Å². The van der Waals surface area contributed by atoms with Crippen molar-refractivity contribution in [3.8, 4) is 5.75 Å². The number of halogens is 3. The van der Waals surface area contributed by atoms with Crippen molar-refractivity contribution >= 4 is 51.1 Å². The summed E-state index contributed by atoms with van der Waals surface area (Å²) in [6.07, 6.45) is 7.67. The molecule has 2 heterocycles. The maximum atomic E-state index is 14.4. The average Bonchev–Trinajstić information content (AvgIpc) is 3.01. The zero-order chi connectivity index (χ0) is 32.6. The maximum Gasteiger partial charge on any atom is 0.421 e. The Kier molecular flexibility index (Phi) is 12.6. The summed E-state index contributed by atoms with van der Waals surface area (Å²) in [6, 6.07) is 4.98. The molecule has 9 nitrogen and oxygen atoms in total. The van der Waals surface area contributed by atoms with Gasteiger partial charge >= 0.3 is 6.18 Å². The van der Waals surface area contributed by atoms with Crippen molar-refractivity contribution < 1.29 is 22.7 Å². The molecule has 1 aromatic heterocycles. The second-order valence-corrected chi connectivity index (χ2v) is 16.0. The van der Waals surface area contributed by atoms with E-state index in [1.807, 2.05) is 24.2 Å². The Labute approximate surface area is 266 Å². The molecule has 2 aromatic rings. The van der Waals surface area contributed by atoms with Gasteiger partial charge in [0.2, 0.25) is 5.95 Å². The lowest BCUT2D eigenvalue weighted by molar-refractivity contribution is -0.137. The van der Waals surface area contributed by atoms with E-state index in [4.69, 9.17) is 4.74 Å². The minimum absolute atomic E-state index is 0.0171. The standard InChI is InChI=1S/C31H44F3N7O2P2/c1-40-15-13-23(14-16-40)37-29(42)22-11-12-26(27(17-22)43-2)38-30-36-18-25(31(32,33)34)28(39-30)41(24-9-7-6-8-10-24)21-45(5)20-35-19-44(3)4/h11-12,17-18,20,23-24H,3,6-10,13-16,19,21H2,1-2,4-5H3,(H-,36,37,38,39,42)/p+1. The summed E-state index contributed by atoms with van der Waals surface area (Å²) in [5, 5.41) is 6.14. The molecule has 0 bridgehead atoms. The van der Waals surface area contributed by atoms with E-state index in [1.54, 1.807) is 18.2 Å². The molecule has 2 fully saturated rings. The first-order valence-corrected chi connectivity index (χ1v) is 19.5. The number of likely N-dealkylation sites (tertiary alicyclic amines) is 1. The first-order valence-electron chi connectivity index (χ1n) is 15.3. The van der Waals surface area contributed by atoms with Gasteiger partial charge in [-0.2, -0.15) is 18.2 Å². The molecule has 45 heavy (non-hydrogen) atoms. The molecule has 2 atom stereocenters. The van der Waals surface area contributed by atoms with Crippen LogP contribution >= 0.6 is 15.5 Å². The summed E-state index contributed by atoms with van der Waals surface area (Å²) in [7, 11) is 2.28. The highest BCUT2D eigenvalue weighted by Gasteiger charge is 2.39. The third-order valence-electron chi connectivity index (χ3n) is 8.10. The Morgan fingerprint density at radius 2 is 1.96 bits per heavy atom. The topological polar surface area (TPSA) is 95.0 Å². The predicted octanol–water partition coefficient (Wildman–Crippen LogP) is 6.81. The lowest BCUT2D eigenvalue weighted by Gasteiger charge is -2.37.